The molecule has 1 saturated heterocycles. The lowest BCUT2D eigenvalue weighted by molar-refractivity contribution is -0.0347. The first-order valence-electron chi connectivity index (χ1n) is 5.65. The molecule has 1 aliphatic heterocycles. The zero-order valence-corrected chi connectivity index (χ0v) is 9.54. The monoisotopic (exact) mass is 226 g/mol. The van der Waals surface area contributed by atoms with Crippen LogP contribution in [0.1, 0.15) is 18.9 Å². The predicted molar refractivity (Wildman–Crippen MR) is 57.7 cm³/mol. The van der Waals surface area contributed by atoms with Gasteiger partial charge < -0.3 is 10.5 Å². The van der Waals surface area contributed by atoms with E-state index in [0.29, 0.717) is 13.1 Å². The largest absolute Gasteiger partial charge is 0.367 e. The van der Waals surface area contributed by atoms with E-state index in [0.717, 1.165) is 32.1 Å². The second kappa shape index (κ2) is 5.33. The lowest BCUT2D eigenvalue weighted by Crippen LogP contribution is -2.39. The van der Waals surface area contributed by atoms with Crippen LogP contribution in [0.15, 0.2) is 0 Å². The number of aromatic nitrogens is 4. The van der Waals surface area contributed by atoms with E-state index in [1.165, 1.54) is 0 Å². The van der Waals surface area contributed by atoms with Crippen molar-refractivity contribution in [1.82, 2.24) is 25.1 Å². The molecule has 0 aromatic carbocycles. The highest BCUT2D eigenvalue weighted by Crippen LogP contribution is 2.19. The standard InChI is InChI=1S/C9H18N6O/c1-2-14-5-6-16-8(7-14)9-11-12-13-15(9)4-3-10/h8H,2-7,10H2,1H3. The van der Waals surface area contributed by atoms with Gasteiger partial charge in [-0.15, -0.1) is 5.10 Å². The third kappa shape index (κ3) is 2.37. The Morgan fingerprint density at radius 1 is 1.56 bits per heavy atom. The van der Waals surface area contributed by atoms with Gasteiger partial charge in [0.25, 0.3) is 0 Å². The Labute approximate surface area is 94.5 Å². The first-order chi connectivity index (χ1) is 7.85. The highest BCUT2D eigenvalue weighted by Gasteiger charge is 2.25. The third-order valence-electron chi connectivity index (χ3n) is 2.79. The Bertz CT molecular complexity index is 328. The molecule has 1 atom stereocenters. The molecule has 1 aromatic rings. The Morgan fingerprint density at radius 2 is 2.44 bits per heavy atom. The smallest absolute Gasteiger partial charge is 0.181 e. The summed E-state index contributed by atoms with van der Waals surface area (Å²) in [6.07, 6.45) is -0.0322. The number of nitrogens with zero attached hydrogens (tertiary/aromatic N) is 5. The van der Waals surface area contributed by atoms with Gasteiger partial charge in [-0.2, -0.15) is 0 Å². The Hall–Kier alpha value is -1.05. The number of morpholine rings is 1. The molecule has 1 aliphatic rings. The quantitative estimate of drug-likeness (QED) is 0.711. The highest BCUT2D eigenvalue weighted by atomic mass is 16.5. The minimum atomic E-state index is -0.0322. The van der Waals surface area contributed by atoms with Crippen LogP contribution in [0.4, 0.5) is 0 Å². The van der Waals surface area contributed by atoms with Crippen molar-refractivity contribution < 1.29 is 4.74 Å². The van der Waals surface area contributed by atoms with E-state index in [1.54, 1.807) is 4.68 Å². The van der Waals surface area contributed by atoms with Crippen molar-refractivity contribution in [3.05, 3.63) is 5.82 Å². The minimum absolute atomic E-state index is 0.0322. The molecule has 7 nitrogen and oxygen atoms in total. The zero-order chi connectivity index (χ0) is 11.4. The third-order valence-corrected chi connectivity index (χ3v) is 2.79. The fourth-order valence-corrected chi connectivity index (χ4v) is 1.87. The van der Waals surface area contributed by atoms with Crippen LogP contribution in [-0.2, 0) is 11.3 Å². The number of rotatable bonds is 4. The predicted octanol–water partition coefficient (Wildman–Crippen LogP) is -0.975. The molecule has 7 heteroatoms. The summed E-state index contributed by atoms with van der Waals surface area (Å²) in [4.78, 5) is 2.33. The van der Waals surface area contributed by atoms with E-state index in [2.05, 4.69) is 27.3 Å². The maximum absolute atomic E-state index is 5.70. The van der Waals surface area contributed by atoms with Gasteiger partial charge in [-0.1, -0.05) is 6.92 Å². The Kier molecular flexibility index (Phi) is 3.81. The molecule has 1 aromatic heterocycles. The highest BCUT2D eigenvalue weighted by molar-refractivity contribution is 4.91. The van der Waals surface area contributed by atoms with Gasteiger partial charge in [-0.25, -0.2) is 4.68 Å². The molecule has 0 aliphatic carbocycles. The van der Waals surface area contributed by atoms with Crippen molar-refractivity contribution in [2.75, 3.05) is 32.8 Å². The molecule has 1 fully saturated rings. The van der Waals surface area contributed by atoms with Crippen LogP contribution >= 0.6 is 0 Å². The second-order valence-corrected chi connectivity index (χ2v) is 3.80. The lowest BCUT2D eigenvalue weighted by Gasteiger charge is -2.31. The molecule has 0 bridgehead atoms. The Balaban J connectivity index is 2.07. The summed E-state index contributed by atoms with van der Waals surface area (Å²) < 4.78 is 7.42. The number of likely N-dealkylation sites (N-methyl/N-ethyl adjacent to an activating group) is 1. The van der Waals surface area contributed by atoms with Crippen LogP contribution in [0.2, 0.25) is 0 Å². The van der Waals surface area contributed by atoms with Gasteiger partial charge in [-0.3, -0.25) is 4.90 Å². The summed E-state index contributed by atoms with van der Waals surface area (Å²) in [6.45, 7) is 6.89. The molecule has 0 spiro atoms. The van der Waals surface area contributed by atoms with Crippen molar-refractivity contribution in [3.63, 3.8) is 0 Å². The van der Waals surface area contributed by atoms with Crippen molar-refractivity contribution >= 4 is 0 Å². The van der Waals surface area contributed by atoms with Crippen LogP contribution in [0.3, 0.4) is 0 Å². The zero-order valence-electron chi connectivity index (χ0n) is 9.54. The summed E-state index contributed by atoms with van der Waals surface area (Å²) in [5.41, 5.74) is 5.50. The van der Waals surface area contributed by atoms with E-state index in [-0.39, 0.29) is 6.10 Å². The van der Waals surface area contributed by atoms with Crippen LogP contribution < -0.4 is 5.73 Å². The van der Waals surface area contributed by atoms with Crippen molar-refractivity contribution in [2.24, 2.45) is 5.73 Å². The van der Waals surface area contributed by atoms with Crippen LogP contribution in [0, 0.1) is 0 Å². The summed E-state index contributed by atoms with van der Waals surface area (Å²) in [7, 11) is 0. The number of tetrazole rings is 1. The van der Waals surface area contributed by atoms with E-state index in [1.807, 2.05) is 0 Å². The van der Waals surface area contributed by atoms with Crippen LogP contribution in [-0.4, -0.2) is 57.9 Å². The fourth-order valence-electron chi connectivity index (χ4n) is 1.87. The molecule has 0 amide bonds. The summed E-state index contributed by atoms with van der Waals surface area (Å²) in [5.74, 6) is 0.781. The normalized spacial score (nSPS) is 22.5. The lowest BCUT2D eigenvalue weighted by atomic mass is 10.2. The SMILES string of the molecule is CCN1CCOC(c2nnnn2CCN)C1. The topological polar surface area (TPSA) is 82.1 Å². The Morgan fingerprint density at radius 3 is 3.19 bits per heavy atom. The maximum Gasteiger partial charge on any atom is 0.181 e. The molecule has 2 rings (SSSR count). The van der Waals surface area contributed by atoms with Crippen molar-refractivity contribution in [1.29, 1.82) is 0 Å². The van der Waals surface area contributed by atoms with Crippen LogP contribution in [0.5, 0.6) is 0 Å². The van der Waals surface area contributed by atoms with Gasteiger partial charge in [0.15, 0.2) is 5.82 Å². The maximum atomic E-state index is 5.70. The molecule has 0 saturated carbocycles. The van der Waals surface area contributed by atoms with E-state index < -0.39 is 0 Å². The van der Waals surface area contributed by atoms with Gasteiger partial charge >= 0.3 is 0 Å². The number of hydrogen-bond acceptors (Lipinski definition) is 6. The first-order valence-corrected chi connectivity index (χ1v) is 5.65. The summed E-state index contributed by atoms with van der Waals surface area (Å²) in [6, 6.07) is 0. The first kappa shape index (κ1) is 11.4. The number of hydrogen-bond donors (Lipinski definition) is 1. The minimum Gasteiger partial charge on any atom is -0.367 e. The van der Waals surface area contributed by atoms with Crippen LogP contribution in [0.25, 0.3) is 0 Å². The summed E-state index contributed by atoms with van der Waals surface area (Å²) in [5, 5.41) is 11.6. The molecular formula is C9H18N6O. The number of nitrogens with two attached hydrogens (primary N) is 1. The van der Waals surface area contributed by atoms with Gasteiger partial charge in [0.05, 0.1) is 13.2 Å². The molecule has 16 heavy (non-hydrogen) atoms. The molecule has 0 radical (unpaired) electrons. The second-order valence-electron chi connectivity index (χ2n) is 3.80. The van der Waals surface area contributed by atoms with Gasteiger partial charge in [0.1, 0.15) is 6.10 Å². The van der Waals surface area contributed by atoms with Gasteiger partial charge in [-0.05, 0) is 17.0 Å². The van der Waals surface area contributed by atoms with E-state index >= 15 is 0 Å². The fraction of sp³-hybridized carbons (Fsp3) is 0.889. The van der Waals surface area contributed by atoms with Gasteiger partial charge in [0.2, 0.25) is 0 Å². The molecule has 90 valence electrons. The van der Waals surface area contributed by atoms with Crippen molar-refractivity contribution in [2.45, 2.75) is 19.6 Å². The molecular weight excluding hydrogens is 208 g/mol. The molecule has 2 N–H and O–H groups in total. The molecule has 1 unspecified atom stereocenters. The average molecular weight is 226 g/mol. The number of ether oxygens (including phenoxy) is 1. The average Bonchev–Trinajstić information content (AvgIpc) is 2.78. The van der Waals surface area contributed by atoms with Gasteiger partial charge in [0, 0.05) is 19.6 Å². The van der Waals surface area contributed by atoms with E-state index in [4.69, 9.17) is 10.5 Å². The molecule has 2 heterocycles. The summed E-state index contributed by atoms with van der Waals surface area (Å²) >= 11 is 0. The van der Waals surface area contributed by atoms with Crippen molar-refractivity contribution in [3.8, 4) is 0 Å². The van der Waals surface area contributed by atoms with E-state index in [9.17, 15) is 0 Å².